The summed E-state index contributed by atoms with van der Waals surface area (Å²) in [5, 5.41) is 10.6. The number of hydrogen-bond acceptors (Lipinski definition) is 1. The Labute approximate surface area is 194 Å². The lowest BCUT2D eigenvalue weighted by Gasteiger charge is -2.23. The number of benzene rings is 2. The molecule has 0 saturated carbocycles. The van der Waals surface area contributed by atoms with Gasteiger partial charge in [-0.2, -0.15) is 0 Å². The number of aromatic nitrogens is 1. The van der Waals surface area contributed by atoms with Gasteiger partial charge in [0, 0.05) is 18.3 Å². The summed E-state index contributed by atoms with van der Waals surface area (Å²) in [5.41, 5.74) is 5.44. The van der Waals surface area contributed by atoms with Crippen molar-refractivity contribution in [3.8, 4) is 0 Å². The van der Waals surface area contributed by atoms with Crippen LogP contribution in [-0.4, -0.2) is 22.3 Å². The van der Waals surface area contributed by atoms with E-state index in [-0.39, 0.29) is 11.5 Å². The summed E-state index contributed by atoms with van der Waals surface area (Å²) in [6.45, 7) is 13.9. The maximum Gasteiger partial charge on any atom is 0.118 e. The Bertz CT molecular complexity index is 951. The van der Waals surface area contributed by atoms with Gasteiger partial charge < -0.3 is 14.6 Å². The average Bonchev–Trinajstić information content (AvgIpc) is 3.19. The van der Waals surface area contributed by atoms with E-state index < -0.39 is 0 Å². The Morgan fingerprint density at radius 2 is 1.66 bits per heavy atom. The fourth-order valence-corrected chi connectivity index (χ4v) is 4.16. The van der Waals surface area contributed by atoms with Gasteiger partial charge in [-0.15, -0.1) is 6.58 Å². The van der Waals surface area contributed by atoms with Crippen LogP contribution in [-0.2, 0) is 25.0 Å². The van der Waals surface area contributed by atoms with Crippen LogP contribution in [0.2, 0.25) is 0 Å². The van der Waals surface area contributed by atoms with Gasteiger partial charge in [0.15, 0.2) is 0 Å². The smallest absolute Gasteiger partial charge is 0.118 e. The molecule has 1 aromatic heterocycles. The molecule has 2 atom stereocenters. The molecule has 0 radical (unpaired) electrons. The Kier molecular flexibility index (Phi) is 8.49. The van der Waals surface area contributed by atoms with Crippen molar-refractivity contribution in [1.29, 1.82) is 0 Å². The monoisotopic (exact) mass is 431 g/mol. The highest BCUT2D eigenvalue weighted by Crippen LogP contribution is 2.22. The third kappa shape index (κ3) is 7.22. The van der Waals surface area contributed by atoms with E-state index in [0.717, 1.165) is 39.0 Å². The van der Waals surface area contributed by atoms with E-state index in [1.165, 1.54) is 27.3 Å². The third-order valence-electron chi connectivity index (χ3n) is 6.05. The number of nitrogens with one attached hydrogen (secondary N) is 1. The molecule has 170 valence electrons. The minimum absolute atomic E-state index is 0.172. The van der Waals surface area contributed by atoms with Crippen molar-refractivity contribution in [3.63, 3.8) is 0 Å². The predicted octanol–water partition coefficient (Wildman–Crippen LogP) is 4.75. The molecule has 0 amide bonds. The van der Waals surface area contributed by atoms with Crippen LogP contribution in [0.1, 0.15) is 56.0 Å². The number of aliphatic hydroxyl groups is 1. The lowest BCUT2D eigenvalue weighted by Crippen LogP contribution is -3.10. The molecule has 32 heavy (non-hydrogen) atoms. The molecule has 0 bridgehead atoms. The van der Waals surface area contributed by atoms with Crippen LogP contribution in [0.3, 0.4) is 0 Å². The van der Waals surface area contributed by atoms with Crippen LogP contribution in [0.5, 0.6) is 0 Å². The SMILES string of the molecule is C=CCC[C@@H](O)C[NH+](Cc1ccccc1)Cc1cccn1Cc1ccc(C(C)(C)C)cc1. The number of hydrogen-bond donors (Lipinski definition) is 2. The normalized spacial score (nSPS) is 13.6. The van der Waals surface area contributed by atoms with Crippen molar-refractivity contribution in [3.05, 3.63) is 108 Å². The van der Waals surface area contributed by atoms with Crippen molar-refractivity contribution in [2.24, 2.45) is 0 Å². The highest BCUT2D eigenvalue weighted by molar-refractivity contribution is 5.28. The predicted molar refractivity (Wildman–Crippen MR) is 134 cm³/mol. The van der Waals surface area contributed by atoms with Crippen molar-refractivity contribution in [1.82, 2.24) is 4.57 Å². The molecule has 3 aromatic rings. The molecule has 2 N–H and O–H groups in total. The number of aliphatic hydroxyl groups excluding tert-OH is 1. The van der Waals surface area contributed by atoms with E-state index in [0.29, 0.717) is 0 Å². The molecule has 2 aromatic carbocycles. The molecule has 0 saturated heterocycles. The van der Waals surface area contributed by atoms with Crippen molar-refractivity contribution in [2.45, 2.75) is 64.8 Å². The van der Waals surface area contributed by atoms with Crippen LogP contribution >= 0.6 is 0 Å². The maximum absolute atomic E-state index is 10.6. The number of nitrogens with zero attached hydrogens (tertiary/aromatic N) is 1. The first-order valence-corrected chi connectivity index (χ1v) is 11.7. The molecule has 3 heteroatoms. The molecular formula is C29H39N2O+. The molecular weight excluding hydrogens is 392 g/mol. The van der Waals surface area contributed by atoms with Crippen molar-refractivity contribution in [2.75, 3.05) is 6.54 Å². The molecule has 0 aliphatic heterocycles. The standard InChI is InChI=1S/C29H38N2O/c1-5-6-14-28(32)23-30(20-24-11-8-7-9-12-24)22-27-13-10-19-31(27)21-25-15-17-26(18-16-25)29(2,3)4/h5,7-13,15-19,28,32H,1,6,14,20-23H2,2-4H3/p+1/t28-/m1/s1. The van der Waals surface area contributed by atoms with Gasteiger partial charge in [0.2, 0.25) is 0 Å². The molecule has 0 fully saturated rings. The Morgan fingerprint density at radius 1 is 0.938 bits per heavy atom. The van der Waals surface area contributed by atoms with Gasteiger partial charge in [-0.05, 0) is 41.5 Å². The van der Waals surface area contributed by atoms with Gasteiger partial charge in [-0.3, -0.25) is 0 Å². The van der Waals surface area contributed by atoms with Gasteiger partial charge in [0.25, 0.3) is 0 Å². The molecule has 0 aliphatic rings. The van der Waals surface area contributed by atoms with Crippen molar-refractivity contribution >= 4 is 0 Å². The van der Waals surface area contributed by atoms with Crippen molar-refractivity contribution < 1.29 is 10.0 Å². The van der Waals surface area contributed by atoms with Crippen LogP contribution in [0.4, 0.5) is 0 Å². The molecule has 1 unspecified atom stereocenters. The summed E-state index contributed by atoms with van der Waals surface area (Å²) in [5.74, 6) is 0. The van der Waals surface area contributed by atoms with E-state index in [1.807, 2.05) is 6.08 Å². The van der Waals surface area contributed by atoms with E-state index >= 15 is 0 Å². The maximum atomic E-state index is 10.6. The fourth-order valence-electron chi connectivity index (χ4n) is 4.16. The quantitative estimate of drug-likeness (QED) is 0.422. The Hall–Kier alpha value is -2.62. The Balaban J connectivity index is 1.72. The molecule has 3 nitrogen and oxygen atoms in total. The summed E-state index contributed by atoms with van der Waals surface area (Å²) in [6.07, 6.45) is 5.35. The second-order valence-electron chi connectivity index (χ2n) is 9.89. The zero-order chi connectivity index (χ0) is 23.0. The second kappa shape index (κ2) is 11.3. The highest BCUT2D eigenvalue weighted by Gasteiger charge is 2.18. The third-order valence-corrected chi connectivity index (χ3v) is 6.05. The molecule has 0 aliphatic carbocycles. The summed E-state index contributed by atoms with van der Waals surface area (Å²) in [6, 6.07) is 23.9. The largest absolute Gasteiger partial charge is 0.387 e. The van der Waals surface area contributed by atoms with E-state index in [1.54, 1.807) is 0 Å². The molecule has 0 spiro atoms. The number of quaternary nitrogens is 1. The van der Waals surface area contributed by atoms with Crippen LogP contribution in [0.15, 0.2) is 85.6 Å². The minimum atomic E-state index is -0.319. The Morgan fingerprint density at radius 3 is 2.31 bits per heavy atom. The first-order valence-electron chi connectivity index (χ1n) is 11.7. The van der Waals surface area contributed by atoms with Crippen LogP contribution in [0.25, 0.3) is 0 Å². The fraction of sp³-hybridized carbons (Fsp3) is 0.379. The number of rotatable bonds is 11. The zero-order valence-electron chi connectivity index (χ0n) is 19.9. The van der Waals surface area contributed by atoms with E-state index in [4.69, 9.17) is 0 Å². The van der Waals surface area contributed by atoms with E-state index in [2.05, 4.69) is 105 Å². The second-order valence-corrected chi connectivity index (χ2v) is 9.89. The number of allylic oxidation sites excluding steroid dienone is 1. The summed E-state index contributed by atoms with van der Waals surface area (Å²) >= 11 is 0. The lowest BCUT2D eigenvalue weighted by molar-refractivity contribution is -0.931. The summed E-state index contributed by atoms with van der Waals surface area (Å²) in [4.78, 5) is 1.37. The van der Waals surface area contributed by atoms with Crippen LogP contribution < -0.4 is 4.90 Å². The van der Waals surface area contributed by atoms with Gasteiger partial charge in [0.1, 0.15) is 25.7 Å². The van der Waals surface area contributed by atoms with Gasteiger partial charge >= 0.3 is 0 Å². The first kappa shape index (κ1) is 24.0. The lowest BCUT2D eigenvalue weighted by atomic mass is 9.87. The van der Waals surface area contributed by atoms with Gasteiger partial charge in [-0.1, -0.05) is 81.4 Å². The average molecular weight is 432 g/mol. The summed E-state index contributed by atoms with van der Waals surface area (Å²) in [7, 11) is 0. The van der Waals surface area contributed by atoms with Gasteiger partial charge in [-0.25, -0.2) is 0 Å². The minimum Gasteiger partial charge on any atom is -0.387 e. The topological polar surface area (TPSA) is 29.6 Å². The molecule has 1 heterocycles. The first-order chi connectivity index (χ1) is 15.3. The van der Waals surface area contributed by atoms with Crippen LogP contribution in [0, 0.1) is 0 Å². The highest BCUT2D eigenvalue weighted by atomic mass is 16.3. The van der Waals surface area contributed by atoms with E-state index in [9.17, 15) is 5.11 Å². The zero-order valence-corrected chi connectivity index (χ0v) is 19.9. The van der Waals surface area contributed by atoms with Gasteiger partial charge in [0.05, 0.1) is 5.69 Å². The molecule has 3 rings (SSSR count). The summed E-state index contributed by atoms with van der Waals surface area (Å²) < 4.78 is 2.34.